The molecule has 18 heavy (non-hydrogen) atoms. The Bertz CT molecular complexity index is 522. The van der Waals surface area contributed by atoms with E-state index >= 15 is 0 Å². The van der Waals surface area contributed by atoms with E-state index in [9.17, 15) is 0 Å². The van der Waals surface area contributed by atoms with Gasteiger partial charge in [0, 0.05) is 22.3 Å². The van der Waals surface area contributed by atoms with Crippen LogP contribution in [0.1, 0.15) is 28.1 Å². The molecule has 0 saturated carbocycles. The quantitative estimate of drug-likeness (QED) is 0.901. The molecule has 0 amide bonds. The van der Waals surface area contributed by atoms with Crippen LogP contribution in [0.2, 0.25) is 0 Å². The Hall–Kier alpha value is -0.710. The lowest BCUT2D eigenvalue weighted by Crippen LogP contribution is -2.11. The second-order valence-electron chi connectivity index (χ2n) is 4.16. The van der Waals surface area contributed by atoms with Crippen molar-refractivity contribution in [3.8, 4) is 0 Å². The monoisotopic (exact) mass is 324 g/mol. The van der Waals surface area contributed by atoms with Crippen LogP contribution < -0.4 is 5.32 Å². The topological polar surface area (TPSA) is 24.9 Å². The van der Waals surface area contributed by atoms with E-state index in [1.165, 1.54) is 15.4 Å². The molecule has 1 aromatic carbocycles. The minimum absolute atomic E-state index is 0.902. The molecular formula is C14H17BrN2S. The summed E-state index contributed by atoms with van der Waals surface area (Å²) in [4.78, 5) is 6.00. The van der Waals surface area contributed by atoms with Gasteiger partial charge in [0.25, 0.3) is 0 Å². The van der Waals surface area contributed by atoms with Crippen molar-refractivity contribution in [1.29, 1.82) is 0 Å². The van der Waals surface area contributed by atoms with Gasteiger partial charge in [-0.25, -0.2) is 4.98 Å². The fourth-order valence-electron chi connectivity index (χ4n) is 1.77. The van der Waals surface area contributed by atoms with Gasteiger partial charge < -0.3 is 5.32 Å². The molecule has 0 unspecified atom stereocenters. The molecular weight excluding hydrogens is 308 g/mol. The highest BCUT2D eigenvalue weighted by molar-refractivity contribution is 9.10. The molecule has 0 bridgehead atoms. The molecule has 0 aliphatic rings. The van der Waals surface area contributed by atoms with Crippen LogP contribution in [0.4, 0.5) is 0 Å². The van der Waals surface area contributed by atoms with E-state index in [4.69, 9.17) is 0 Å². The van der Waals surface area contributed by atoms with Crippen molar-refractivity contribution >= 4 is 27.3 Å². The van der Waals surface area contributed by atoms with Crippen molar-refractivity contribution in [2.45, 2.75) is 26.8 Å². The van der Waals surface area contributed by atoms with Crippen molar-refractivity contribution in [2.24, 2.45) is 0 Å². The molecule has 0 fully saturated rings. The molecule has 0 spiro atoms. The maximum absolute atomic E-state index is 4.66. The van der Waals surface area contributed by atoms with Crippen molar-refractivity contribution in [3.05, 3.63) is 49.9 Å². The van der Waals surface area contributed by atoms with Crippen LogP contribution in [-0.2, 0) is 13.0 Å². The first kappa shape index (κ1) is 13.7. The number of thiazole rings is 1. The number of aryl methyl sites for hydroxylation is 1. The standard InChI is InChI=1S/C14H17BrN2S/c1-3-16-9-13-10(2)17-14(18-13)8-11-6-4-5-7-12(11)15/h4-7,16H,3,8-9H2,1-2H3. The second-order valence-corrected chi connectivity index (χ2v) is 6.19. The lowest BCUT2D eigenvalue weighted by molar-refractivity contribution is 0.731. The zero-order valence-electron chi connectivity index (χ0n) is 10.7. The predicted octanol–water partition coefficient (Wildman–Crippen LogP) is 3.91. The zero-order chi connectivity index (χ0) is 13.0. The Kier molecular flexibility index (Phi) is 4.92. The highest BCUT2D eigenvalue weighted by Gasteiger charge is 2.09. The predicted molar refractivity (Wildman–Crippen MR) is 81.2 cm³/mol. The van der Waals surface area contributed by atoms with Crippen LogP contribution in [0, 0.1) is 6.92 Å². The van der Waals surface area contributed by atoms with Crippen molar-refractivity contribution in [1.82, 2.24) is 10.3 Å². The van der Waals surface area contributed by atoms with Gasteiger partial charge >= 0.3 is 0 Å². The SMILES string of the molecule is CCNCc1sc(Cc2ccccc2Br)nc1C. The molecule has 1 heterocycles. The molecule has 96 valence electrons. The zero-order valence-corrected chi connectivity index (χ0v) is 13.1. The van der Waals surface area contributed by atoms with E-state index in [0.29, 0.717) is 0 Å². The smallest absolute Gasteiger partial charge is 0.0975 e. The Balaban J connectivity index is 2.13. The van der Waals surface area contributed by atoms with E-state index in [1.54, 1.807) is 0 Å². The van der Waals surface area contributed by atoms with Gasteiger partial charge in [-0.15, -0.1) is 11.3 Å². The lowest BCUT2D eigenvalue weighted by Gasteiger charge is -2.00. The minimum Gasteiger partial charge on any atom is -0.312 e. The molecule has 4 heteroatoms. The first-order valence-corrected chi connectivity index (χ1v) is 7.71. The third-order valence-corrected chi connectivity index (χ3v) is 4.70. The van der Waals surface area contributed by atoms with Gasteiger partial charge in [0.2, 0.25) is 0 Å². The summed E-state index contributed by atoms with van der Waals surface area (Å²) in [6.07, 6.45) is 0.902. The number of nitrogens with zero attached hydrogens (tertiary/aromatic N) is 1. The third-order valence-electron chi connectivity index (χ3n) is 2.77. The molecule has 0 radical (unpaired) electrons. The summed E-state index contributed by atoms with van der Waals surface area (Å²) < 4.78 is 1.16. The average Bonchev–Trinajstić information content (AvgIpc) is 2.70. The number of benzene rings is 1. The molecule has 2 aromatic rings. The van der Waals surface area contributed by atoms with Crippen LogP contribution >= 0.6 is 27.3 Å². The number of halogens is 1. The van der Waals surface area contributed by atoms with Crippen LogP contribution in [0.15, 0.2) is 28.7 Å². The third kappa shape index (κ3) is 3.40. The summed E-state index contributed by atoms with van der Waals surface area (Å²) in [6, 6.07) is 8.33. The minimum atomic E-state index is 0.902. The van der Waals surface area contributed by atoms with Crippen molar-refractivity contribution in [3.63, 3.8) is 0 Å². The lowest BCUT2D eigenvalue weighted by atomic mass is 10.2. The molecule has 2 nitrogen and oxygen atoms in total. The molecule has 0 saturated heterocycles. The molecule has 0 atom stereocenters. The Morgan fingerprint density at radius 3 is 2.83 bits per heavy atom. The van der Waals surface area contributed by atoms with Crippen molar-refractivity contribution < 1.29 is 0 Å². The van der Waals surface area contributed by atoms with Gasteiger partial charge in [0.15, 0.2) is 0 Å². The summed E-state index contributed by atoms with van der Waals surface area (Å²) in [5.74, 6) is 0. The van der Waals surface area contributed by atoms with E-state index in [2.05, 4.69) is 58.3 Å². The highest BCUT2D eigenvalue weighted by atomic mass is 79.9. The average molecular weight is 325 g/mol. The number of rotatable bonds is 5. The van der Waals surface area contributed by atoms with E-state index in [1.807, 2.05) is 17.4 Å². The molecule has 2 rings (SSSR count). The first-order chi connectivity index (χ1) is 8.70. The van der Waals surface area contributed by atoms with E-state index in [0.717, 1.165) is 29.7 Å². The van der Waals surface area contributed by atoms with E-state index < -0.39 is 0 Å². The fraction of sp³-hybridized carbons (Fsp3) is 0.357. The van der Waals surface area contributed by atoms with Crippen LogP contribution in [0.25, 0.3) is 0 Å². The summed E-state index contributed by atoms with van der Waals surface area (Å²) in [6.45, 7) is 6.14. The summed E-state index contributed by atoms with van der Waals surface area (Å²) in [7, 11) is 0. The van der Waals surface area contributed by atoms with Gasteiger partial charge in [-0.2, -0.15) is 0 Å². The van der Waals surface area contributed by atoms with E-state index in [-0.39, 0.29) is 0 Å². The van der Waals surface area contributed by atoms with Crippen molar-refractivity contribution in [2.75, 3.05) is 6.54 Å². The normalized spacial score (nSPS) is 10.8. The maximum atomic E-state index is 4.66. The summed E-state index contributed by atoms with van der Waals surface area (Å²) in [5.41, 5.74) is 2.45. The van der Waals surface area contributed by atoms with Crippen LogP contribution in [-0.4, -0.2) is 11.5 Å². The highest BCUT2D eigenvalue weighted by Crippen LogP contribution is 2.24. The first-order valence-electron chi connectivity index (χ1n) is 6.10. The molecule has 0 aliphatic carbocycles. The Morgan fingerprint density at radius 1 is 1.33 bits per heavy atom. The number of hydrogen-bond acceptors (Lipinski definition) is 3. The molecule has 1 aromatic heterocycles. The van der Waals surface area contributed by atoms with Gasteiger partial charge in [-0.1, -0.05) is 41.1 Å². The maximum Gasteiger partial charge on any atom is 0.0975 e. The van der Waals surface area contributed by atoms with Crippen LogP contribution in [0.3, 0.4) is 0 Å². The summed E-state index contributed by atoms with van der Waals surface area (Å²) in [5, 5.41) is 4.54. The number of aromatic nitrogens is 1. The Morgan fingerprint density at radius 2 is 2.11 bits per heavy atom. The number of nitrogens with one attached hydrogen (secondary N) is 1. The fourth-order valence-corrected chi connectivity index (χ4v) is 3.26. The van der Waals surface area contributed by atoms with Crippen LogP contribution in [0.5, 0.6) is 0 Å². The van der Waals surface area contributed by atoms with Gasteiger partial charge in [-0.05, 0) is 25.1 Å². The molecule has 0 aliphatic heterocycles. The second kappa shape index (κ2) is 6.45. The Labute approximate surface area is 121 Å². The molecule has 1 N–H and O–H groups in total. The number of hydrogen-bond donors (Lipinski definition) is 1. The van der Waals surface area contributed by atoms with Gasteiger partial charge in [0.05, 0.1) is 10.7 Å². The van der Waals surface area contributed by atoms with Gasteiger partial charge in [0.1, 0.15) is 0 Å². The van der Waals surface area contributed by atoms with Gasteiger partial charge in [-0.3, -0.25) is 0 Å². The summed E-state index contributed by atoms with van der Waals surface area (Å²) >= 11 is 5.39. The largest absolute Gasteiger partial charge is 0.312 e.